The molecule has 1 N–H and O–H groups in total. The topological polar surface area (TPSA) is 73.5 Å². The van der Waals surface area contributed by atoms with Crippen LogP contribution in [0.3, 0.4) is 0 Å². The van der Waals surface area contributed by atoms with E-state index in [1.807, 2.05) is 0 Å². The van der Waals surface area contributed by atoms with Crippen molar-refractivity contribution >= 4 is 17.6 Å². The second-order valence-corrected chi connectivity index (χ2v) is 6.22. The third kappa shape index (κ3) is 4.72. The van der Waals surface area contributed by atoms with Crippen molar-refractivity contribution in [2.75, 3.05) is 6.61 Å². The molecule has 0 saturated carbocycles. The Hall–Kier alpha value is -2.26. The van der Waals surface area contributed by atoms with Gasteiger partial charge in [-0.1, -0.05) is 23.7 Å². The van der Waals surface area contributed by atoms with Crippen molar-refractivity contribution in [3.63, 3.8) is 0 Å². The van der Waals surface area contributed by atoms with Crippen molar-refractivity contribution in [3.8, 4) is 11.3 Å². The normalized spacial score (nSPS) is 12.9. The van der Waals surface area contributed by atoms with E-state index >= 15 is 0 Å². The van der Waals surface area contributed by atoms with Gasteiger partial charge in [0.1, 0.15) is 6.54 Å². The van der Waals surface area contributed by atoms with Crippen LogP contribution in [0.25, 0.3) is 11.3 Å². The average Bonchev–Trinajstić information content (AvgIpc) is 2.80. The monoisotopic (exact) mass is 406 g/mol. The molecule has 0 aliphatic carbocycles. The van der Waals surface area contributed by atoms with Gasteiger partial charge in [0, 0.05) is 16.3 Å². The van der Waals surface area contributed by atoms with Crippen LogP contribution in [0.5, 0.6) is 0 Å². The molecule has 2 rings (SSSR count). The van der Waals surface area contributed by atoms with Crippen molar-refractivity contribution in [1.82, 2.24) is 9.13 Å². The predicted octanol–water partition coefficient (Wildman–Crippen LogP) is 2.76. The number of halogens is 4. The van der Waals surface area contributed by atoms with Crippen LogP contribution in [0.15, 0.2) is 29.1 Å². The summed E-state index contributed by atoms with van der Waals surface area (Å²) in [5, 5.41) is 9.85. The lowest BCUT2D eigenvalue weighted by molar-refractivity contribution is -0.207. The maximum atomic E-state index is 12.8. The Morgan fingerprint density at radius 1 is 1.26 bits per heavy atom. The highest BCUT2D eigenvalue weighted by Crippen LogP contribution is 2.27. The number of carbonyl (C=O) groups is 1. The molecule has 0 amide bonds. The van der Waals surface area contributed by atoms with Crippen LogP contribution in [0.1, 0.15) is 12.6 Å². The number of alkyl halides is 3. The zero-order valence-corrected chi connectivity index (χ0v) is 15.3. The van der Waals surface area contributed by atoms with E-state index in [1.165, 1.54) is 31.2 Å². The molecule has 0 bridgehead atoms. The predicted molar refractivity (Wildman–Crippen MR) is 92.6 cm³/mol. The minimum absolute atomic E-state index is 0.101. The minimum atomic E-state index is -4.89. The fourth-order valence-electron chi connectivity index (χ4n) is 2.65. The van der Waals surface area contributed by atoms with Gasteiger partial charge in [-0.2, -0.15) is 13.2 Å². The number of carbonyl (C=O) groups excluding carboxylic acids is 1. The SMILES string of the molecule is CCOC(=O)Cn1c(C)c(-c2ccc(Cl)cc2)n(C[C@H](O)C(F)(F)F)c1=O. The summed E-state index contributed by atoms with van der Waals surface area (Å²) in [7, 11) is 0. The summed E-state index contributed by atoms with van der Waals surface area (Å²) in [6.45, 7) is 1.74. The van der Waals surface area contributed by atoms with Crippen LogP contribution in [0.2, 0.25) is 5.02 Å². The largest absolute Gasteiger partial charge is 0.465 e. The molecule has 6 nitrogen and oxygen atoms in total. The molecule has 27 heavy (non-hydrogen) atoms. The average molecular weight is 407 g/mol. The van der Waals surface area contributed by atoms with Gasteiger partial charge in [-0.05, 0) is 26.0 Å². The van der Waals surface area contributed by atoms with E-state index in [2.05, 4.69) is 0 Å². The Bertz CT molecular complexity index is 872. The van der Waals surface area contributed by atoms with Gasteiger partial charge in [0.05, 0.1) is 18.8 Å². The summed E-state index contributed by atoms with van der Waals surface area (Å²) >= 11 is 5.84. The van der Waals surface area contributed by atoms with Gasteiger partial charge in [0.15, 0.2) is 6.10 Å². The summed E-state index contributed by atoms with van der Waals surface area (Å²) in [6.07, 6.45) is -7.63. The lowest BCUT2D eigenvalue weighted by Gasteiger charge is -2.16. The van der Waals surface area contributed by atoms with E-state index in [0.29, 0.717) is 10.6 Å². The Balaban J connectivity index is 2.59. The van der Waals surface area contributed by atoms with Crippen molar-refractivity contribution in [2.45, 2.75) is 39.2 Å². The van der Waals surface area contributed by atoms with Crippen LogP contribution in [-0.4, -0.2) is 39.1 Å². The van der Waals surface area contributed by atoms with E-state index in [-0.39, 0.29) is 18.0 Å². The molecule has 2 aromatic rings. The highest BCUT2D eigenvalue weighted by Gasteiger charge is 2.39. The first-order valence-electron chi connectivity index (χ1n) is 8.02. The number of rotatable bonds is 6. The summed E-state index contributed by atoms with van der Waals surface area (Å²) in [5.41, 5.74) is -0.00574. The maximum absolute atomic E-state index is 12.8. The number of aliphatic hydroxyl groups is 1. The van der Waals surface area contributed by atoms with Crippen LogP contribution in [0.4, 0.5) is 13.2 Å². The zero-order valence-electron chi connectivity index (χ0n) is 14.6. The maximum Gasteiger partial charge on any atom is 0.416 e. The summed E-state index contributed by atoms with van der Waals surface area (Å²) in [6, 6.07) is 6.12. The molecule has 0 fully saturated rings. The van der Waals surface area contributed by atoms with E-state index in [9.17, 15) is 27.9 Å². The Morgan fingerprint density at radius 2 is 1.85 bits per heavy atom. The van der Waals surface area contributed by atoms with Crippen LogP contribution >= 0.6 is 11.6 Å². The third-order valence-corrected chi connectivity index (χ3v) is 4.17. The first-order chi connectivity index (χ1) is 12.6. The molecule has 0 aliphatic heterocycles. The molecule has 0 aliphatic rings. The van der Waals surface area contributed by atoms with E-state index in [0.717, 1.165) is 9.13 Å². The smallest absolute Gasteiger partial charge is 0.416 e. The zero-order chi connectivity index (χ0) is 20.4. The van der Waals surface area contributed by atoms with Crippen molar-refractivity contribution < 1.29 is 27.8 Å². The number of hydrogen-bond donors (Lipinski definition) is 1. The molecular weight excluding hydrogens is 389 g/mol. The molecule has 1 aromatic carbocycles. The standard InChI is InChI=1S/C17H18ClF3N2O4/c1-3-27-14(25)9-22-10(2)15(11-4-6-12(18)7-5-11)23(16(22)26)8-13(24)17(19,20)21/h4-7,13,24H,3,8-9H2,1-2H3/t13-/m0/s1. The van der Waals surface area contributed by atoms with Gasteiger partial charge < -0.3 is 9.84 Å². The number of benzene rings is 1. The first kappa shape index (κ1) is 21.0. The van der Waals surface area contributed by atoms with Crippen LogP contribution < -0.4 is 5.69 Å². The molecule has 148 valence electrons. The number of esters is 1. The molecular formula is C17H18ClF3N2O4. The van der Waals surface area contributed by atoms with Gasteiger partial charge in [-0.15, -0.1) is 0 Å². The fraction of sp³-hybridized carbons (Fsp3) is 0.412. The molecule has 0 saturated heterocycles. The number of hydrogen-bond acceptors (Lipinski definition) is 4. The molecule has 0 unspecified atom stereocenters. The number of aliphatic hydroxyl groups excluding tert-OH is 1. The molecule has 10 heteroatoms. The van der Waals surface area contributed by atoms with Crippen molar-refractivity contribution in [2.24, 2.45) is 0 Å². The Labute approximate surface area is 157 Å². The molecule has 1 atom stereocenters. The second kappa shape index (κ2) is 8.18. The number of aromatic nitrogens is 2. The number of ether oxygens (including phenoxy) is 1. The fourth-order valence-corrected chi connectivity index (χ4v) is 2.77. The van der Waals surface area contributed by atoms with Gasteiger partial charge in [-0.3, -0.25) is 13.9 Å². The Morgan fingerprint density at radius 3 is 2.37 bits per heavy atom. The van der Waals surface area contributed by atoms with Crippen LogP contribution in [0, 0.1) is 6.92 Å². The molecule has 0 radical (unpaired) electrons. The second-order valence-electron chi connectivity index (χ2n) is 5.78. The molecule has 1 aromatic heterocycles. The summed E-state index contributed by atoms with van der Waals surface area (Å²) in [5.74, 6) is -0.695. The molecule has 1 heterocycles. The van der Waals surface area contributed by atoms with E-state index in [1.54, 1.807) is 6.92 Å². The molecule has 0 spiro atoms. The van der Waals surface area contributed by atoms with Gasteiger partial charge in [0.2, 0.25) is 0 Å². The first-order valence-corrected chi connectivity index (χ1v) is 8.40. The summed E-state index contributed by atoms with van der Waals surface area (Å²) < 4.78 is 45.1. The van der Waals surface area contributed by atoms with Crippen LogP contribution in [-0.2, 0) is 22.6 Å². The summed E-state index contributed by atoms with van der Waals surface area (Å²) in [4.78, 5) is 24.4. The van der Waals surface area contributed by atoms with Crippen molar-refractivity contribution in [3.05, 3.63) is 45.5 Å². The highest BCUT2D eigenvalue weighted by atomic mass is 35.5. The van der Waals surface area contributed by atoms with E-state index in [4.69, 9.17) is 16.3 Å². The lowest BCUT2D eigenvalue weighted by Crippen LogP contribution is -2.37. The lowest BCUT2D eigenvalue weighted by atomic mass is 10.1. The number of nitrogens with zero attached hydrogens (tertiary/aromatic N) is 2. The quantitative estimate of drug-likeness (QED) is 0.749. The minimum Gasteiger partial charge on any atom is -0.465 e. The van der Waals surface area contributed by atoms with E-state index < -0.39 is 37.0 Å². The van der Waals surface area contributed by atoms with Gasteiger partial charge in [-0.25, -0.2) is 4.79 Å². The highest BCUT2D eigenvalue weighted by molar-refractivity contribution is 6.30. The van der Waals surface area contributed by atoms with Crippen molar-refractivity contribution in [1.29, 1.82) is 0 Å². The number of imidazole rings is 1. The Kier molecular flexibility index (Phi) is 6.38. The third-order valence-electron chi connectivity index (χ3n) is 3.92. The van der Waals surface area contributed by atoms with Gasteiger partial charge in [0.25, 0.3) is 0 Å². The van der Waals surface area contributed by atoms with Gasteiger partial charge >= 0.3 is 17.8 Å².